The summed E-state index contributed by atoms with van der Waals surface area (Å²) >= 11 is 1.85. The molecule has 3 rings (SSSR count). The van der Waals surface area contributed by atoms with Crippen LogP contribution >= 0.6 is 11.8 Å². The van der Waals surface area contributed by atoms with E-state index in [4.69, 9.17) is 0 Å². The lowest BCUT2D eigenvalue weighted by Crippen LogP contribution is -2.42. The van der Waals surface area contributed by atoms with Gasteiger partial charge in [0.15, 0.2) is 0 Å². The number of rotatable bonds is 3. The third kappa shape index (κ3) is 4.06. The van der Waals surface area contributed by atoms with E-state index in [0.717, 1.165) is 37.1 Å². The molecule has 0 aliphatic carbocycles. The monoisotopic (exact) mass is 358 g/mol. The molecule has 1 aromatic rings. The summed E-state index contributed by atoms with van der Waals surface area (Å²) in [6, 6.07) is 5.70. The number of hydrogen-bond donors (Lipinski definition) is 0. The van der Waals surface area contributed by atoms with Gasteiger partial charge in [-0.25, -0.2) is 0 Å². The van der Waals surface area contributed by atoms with Crippen LogP contribution in [-0.4, -0.2) is 53.4 Å². The largest absolute Gasteiger partial charge is 0.416 e. The molecule has 0 bridgehead atoms. The van der Waals surface area contributed by atoms with Gasteiger partial charge in [0.25, 0.3) is 0 Å². The Balaban J connectivity index is 1.62. The predicted octanol–water partition coefficient (Wildman–Crippen LogP) is 3.10. The van der Waals surface area contributed by atoms with Crippen LogP contribution < -0.4 is 0 Å². The topological polar surface area (TPSA) is 23.6 Å². The lowest BCUT2D eigenvalue weighted by Gasteiger charge is -2.29. The van der Waals surface area contributed by atoms with Crippen molar-refractivity contribution in [1.29, 1.82) is 0 Å². The quantitative estimate of drug-likeness (QED) is 0.830. The molecule has 0 saturated carbocycles. The minimum Gasteiger partial charge on any atom is -0.341 e. The second-order valence-electron chi connectivity index (χ2n) is 6.31. The van der Waals surface area contributed by atoms with Gasteiger partial charge in [0.05, 0.1) is 11.5 Å². The van der Waals surface area contributed by atoms with Gasteiger partial charge in [0.1, 0.15) is 0 Å². The summed E-state index contributed by atoms with van der Waals surface area (Å²) in [4.78, 5) is 16.4. The number of hydrogen-bond acceptors (Lipinski definition) is 3. The molecule has 0 spiro atoms. The highest BCUT2D eigenvalue weighted by atomic mass is 32.2. The van der Waals surface area contributed by atoms with E-state index >= 15 is 0 Å². The summed E-state index contributed by atoms with van der Waals surface area (Å²) in [6.45, 7) is 3.04. The first-order valence-corrected chi connectivity index (χ1v) is 9.34. The first kappa shape index (κ1) is 17.6. The maximum absolute atomic E-state index is 13.1. The predicted molar refractivity (Wildman–Crippen MR) is 88.7 cm³/mol. The minimum absolute atomic E-state index is 0.0776. The number of thioether (sulfide) groups is 1. The van der Waals surface area contributed by atoms with Gasteiger partial charge in [-0.15, -0.1) is 0 Å². The van der Waals surface area contributed by atoms with Crippen LogP contribution in [0.25, 0.3) is 0 Å². The summed E-state index contributed by atoms with van der Waals surface area (Å²) in [5.74, 6) is 2.04. The number of amides is 1. The van der Waals surface area contributed by atoms with E-state index in [2.05, 4.69) is 0 Å². The van der Waals surface area contributed by atoms with Crippen molar-refractivity contribution in [3.05, 3.63) is 35.4 Å². The molecule has 2 fully saturated rings. The molecule has 2 saturated heterocycles. The average Bonchev–Trinajstić information content (AvgIpc) is 3.03. The van der Waals surface area contributed by atoms with Crippen molar-refractivity contribution in [1.82, 2.24) is 9.80 Å². The normalized spacial score (nSPS) is 22.8. The first-order chi connectivity index (χ1) is 11.4. The summed E-state index contributed by atoms with van der Waals surface area (Å²) < 4.78 is 39.3. The number of halogens is 3. The Labute approximate surface area is 144 Å². The van der Waals surface area contributed by atoms with Gasteiger partial charge in [0.2, 0.25) is 5.91 Å². The number of likely N-dealkylation sites (tertiary alicyclic amines) is 1. The molecule has 1 unspecified atom stereocenters. The smallest absolute Gasteiger partial charge is 0.341 e. The third-order valence-electron chi connectivity index (χ3n) is 4.66. The minimum atomic E-state index is -4.34. The molecule has 132 valence electrons. The molecule has 1 atom stereocenters. The third-order valence-corrected chi connectivity index (χ3v) is 5.60. The van der Waals surface area contributed by atoms with Gasteiger partial charge in [-0.05, 0) is 24.6 Å². The second kappa shape index (κ2) is 7.35. The summed E-state index contributed by atoms with van der Waals surface area (Å²) in [7, 11) is 0. The maximum atomic E-state index is 13.1. The lowest BCUT2D eigenvalue weighted by molar-refractivity contribution is -0.138. The van der Waals surface area contributed by atoms with E-state index in [9.17, 15) is 18.0 Å². The second-order valence-corrected chi connectivity index (χ2v) is 7.54. The molecule has 24 heavy (non-hydrogen) atoms. The molecular formula is C17H21F3N2OS. The number of benzene rings is 1. The van der Waals surface area contributed by atoms with Crippen LogP contribution in [0.1, 0.15) is 17.5 Å². The van der Waals surface area contributed by atoms with E-state index in [1.807, 2.05) is 21.6 Å². The maximum Gasteiger partial charge on any atom is 0.416 e. The Morgan fingerprint density at radius 2 is 1.88 bits per heavy atom. The number of nitrogens with zero attached hydrogens (tertiary/aromatic N) is 2. The van der Waals surface area contributed by atoms with Crippen molar-refractivity contribution < 1.29 is 18.0 Å². The molecule has 7 heteroatoms. The molecule has 1 amide bonds. The lowest BCUT2D eigenvalue weighted by atomic mass is 10.1. The fraction of sp³-hybridized carbons (Fsp3) is 0.588. The molecule has 2 aliphatic rings. The standard InChI is InChI=1S/C17H21F3N2OS/c18-17(19,20)15-4-2-1-3-13(15)11-21-6-5-14(12-21)16(23)22-7-9-24-10-8-22/h1-4,14H,5-12H2. The highest BCUT2D eigenvalue weighted by Gasteiger charge is 2.35. The van der Waals surface area contributed by atoms with Crippen molar-refractivity contribution in [2.45, 2.75) is 19.1 Å². The van der Waals surface area contributed by atoms with Gasteiger partial charge < -0.3 is 4.90 Å². The van der Waals surface area contributed by atoms with E-state index in [0.29, 0.717) is 13.1 Å². The van der Waals surface area contributed by atoms with E-state index in [1.165, 1.54) is 12.1 Å². The van der Waals surface area contributed by atoms with Gasteiger partial charge in [-0.1, -0.05) is 18.2 Å². The molecule has 2 heterocycles. The Kier molecular flexibility index (Phi) is 5.39. The molecule has 0 aromatic heterocycles. The molecule has 0 radical (unpaired) electrons. The fourth-order valence-electron chi connectivity index (χ4n) is 3.40. The van der Waals surface area contributed by atoms with Crippen LogP contribution in [0.4, 0.5) is 13.2 Å². The van der Waals surface area contributed by atoms with Crippen LogP contribution in [0.2, 0.25) is 0 Å². The average molecular weight is 358 g/mol. The number of carbonyl (C=O) groups is 1. The zero-order valence-electron chi connectivity index (χ0n) is 13.4. The van der Waals surface area contributed by atoms with Crippen molar-refractivity contribution >= 4 is 17.7 Å². The molecular weight excluding hydrogens is 337 g/mol. The van der Waals surface area contributed by atoms with Crippen molar-refractivity contribution in [2.24, 2.45) is 5.92 Å². The van der Waals surface area contributed by atoms with E-state index in [1.54, 1.807) is 6.07 Å². The van der Waals surface area contributed by atoms with Crippen LogP contribution in [-0.2, 0) is 17.5 Å². The molecule has 0 N–H and O–H groups in total. The first-order valence-electron chi connectivity index (χ1n) is 8.19. The Morgan fingerprint density at radius 3 is 2.58 bits per heavy atom. The zero-order chi connectivity index (χ0) is 17.2. The van der Waals surface area contributed by atoms with Gasteiger partial charge in [0, 0.05) is 37.7 Å². The van der Waals surface area contributed by atoms with Crippen LogP contribution in [0, 0.1) is 5.92 Å². The van der Waals surface area contributed by atoms with Crippen molar-refractivity contribution in [3.63, 3.8) is 0 Å². The Morgan fingerprint density at radius 1 is 1.17 bits per heavy atom. The van der Waals surface area contributed by atoms with Gasteiger partial charge >= 0.3 is 6.18 Å². The van der Waals surface area contributed by atoms with Crippen LogP contribution in [0.15, 0.2) is 24.3 Å². The SMILES string of the molecule is O=C(C1CCN(Cc2ccccc2C(F)(F)F)C1)N1CCSCC1. The molecule has 1 aromatic carbocycles. The van der Waals surface area contributed by atoms with E-state index < -0.39 is 11.7 Å². The molecule has 2 aliphatic heterocycles. The highest BCUT2D eigenvalue weighted by Crippen LogP contribution is 2.33. The van der Waals surface area contributed by atoms with Crippen molar-refractivity contribution in [3.8, 4) is 0 Å². The molecule has 3 nitrogen and oxygen atoms in total. The number of carbonyl (C=O) groups excluding carboxylic acids is 1. The highest BCUT2D eigenvalue weighted by molar-refractivity contribution is 7.99. The number of alkyl halides is 3. The van der Waals surface area contributed by atoms with E-state index in [-0.39, 0.29) is 23.9 Å². The zero-order valence-corrected chi connectivity index (χ0v) is 14.2. The van der Waals surface area contributed by atoms with Crippen molar-refractivity contribution in [2.75, 3.05) is 37.7 Å². The Hall–Kier alpha value is -1.21. The van der Waals surface area contributed by atoms with Crippen LogP contribution in [0.3, 0.4) is 0 Å². The van der Waals surface area contributed by atoms with Gasteiger partial charge in [-0.3, -0.25) is 9.69 Å². The van der Waals surface area contributed by atoms with Gasteiger partial charge in [-0.2, -0.15) is 24.9 Å². The van der Waals surface area contributed by atoms with Crippen LogP contribution in [0.5, 0.6) is 0 Å². The summed E-state index contributed by atoms with van der Waals surface area (Å²) in [5.41, 5.74) is -0.291. The summed E-state index contributed by atoms with van der Waals surface area (Å²) in [6.07, 6.45) is -3.60. The summed E-state index contributed by atoms with van der Waals surface area (Å²) in [5, 5.41) is 0. The fourth-order valence-corrected chi connectivity index (χ4v) is 4.30. The Bertz CT molecular complexity index is 587.